The van der Waals surface area contributed by atoms with E-state index >= 15 is 0 Å². The van der Waals surface area contributed by atoms with E-state index in [2.05, 4.69) is 17.4 Å². The number of ether oxygens (including phenoxy) is 2. The minimum atomic E-state index is -0.851. The van der Waals surface area contributed by atoms with Crippen LogP contribution in [0.5, 0.6) is 11.5 Å². The molecule has 2 aromatic rings. The normalized spacial score (nSPS) is 16.1. The van der Waals surface area contributed by atoms with Crippen molar-refractivity contribution in [3.05, 3.63) is 57.6 Å². The molecule has 1 atom stereocenters. The van der Waals surface area contributed by atoms with Gasteiger partial charge in [0.1, 0.15) is 24.0 Å². The van der Waals surface area contributed by atoms with Crippen LogP contribution in [0.15, 0.2) is 44.7 Å². The third-order valence-corrected chi connectivity index (χ3v) is 6.10. The second kappa shape index (κ2) is 13.5. The number of carbonyl (C=O) groups excluding carboxylic acids is 2. The minimum absolute atomic E-state index is 0.0744. The van der Waals surface area contributed by atoms with E-state index < -0.39 is 17.6 Å². The molecule has 1 N–H and O–H groups in total. The Balaban J connectivity index is 1.76. The number of nitrogens with one attached hydrogen (secondary N) is 1. The minimum Gasteiger partial charge on any atom is -0.493 e. The van der Waals surface area contributed by atoms with Crippen LogP contribution in [0.25, 0.3) is 0 Å². The first kappa shape index (κ1) is 27.8. The highest BCUT2D eigenvalue weighted by atomic mass is 16.6. The molecule has 1 aliphatic heterocycles. The smallest absolute Gasteiger partial charge is 0.348 e. The molecule has 3 rings (SSSR count). The van der Waals surface area contributed by atoms with Crippen molar-refractivity contribution in [1.82, 2.24) is 10.2 Å². The lowest BCUT2D eigenvalue weighted by atomic mass is 10.1. The molecule has 0 radical (unpaired) electrons. The summed E-state index contributed by atoms with van der Waals surface area (Å²) in [5.41, 5.74) is 0.514. The molecule has 0 bridgehead atoms. The Kier molecular flexibility index (Phi) is 10.1. The number of amides is 2. The van der Waals surface area contributed by atoms with Gasteiger partial charge < -0.3 is 28.9 Å². The largest absolute Gasteiger partial charge is 0.493 e. The Morgan fingerprint density at radius 2 is 1.89 bits per heavy atom. The summed E-state index contributed by atoms with van der Waals surface area (Å²) in [5, 5.41) is 6.92. The van der Waals surface area contributed by atoms with E-state index in [-0.39, 0.29) is 31.0 Å². The van der Waals surface area contributed by atoms with Crippen LogP contribution in [0.1, 0.15) is 61.2 Å². The van der Waals surface area contributed by atoms with Gasteiger partial charge in [0.05, 0.1) is 26.5 Å². The van der Waals surface area contributed by atoms with E-state index in [1.807, 2.05) is 6.07 Å². The fourth-order valence-corrected chi connectivity index (χ4v) is 4.12. The van der Waals surface area contributed by atoms with Gasteiger partial charge in [-0.2, -0.15) is 0 Å². The van der Waals surface area contributed by atoms with Crippen molar-refractivity contribution in [2.75, 3.05) is 27.4 Å². The first-order chi connectivity index (χ1) is 17.9. The average Bonchev–Trinajstić information content (AvgIpc) is 3.34. The summed E-state index contributed by atoms with van der Waals surface area (Å²) in [5.74, 6) is 0.714. The average molecular weight is 514 g/mol. The number of hydrogen-bond donors (Lipinski definition) is 1. The zero-order valence-electron chi connectivity index (χ0n) is 21.9. The van der Waals surface area contributed by atoms with Crippen LogP contribution in [0.3, 0.4) is 0 Å². The second-order valence-electron chi connectivity index (χ2n) is 8.70. The van der Waals surface area contributed by atoms with Crippen molar-refractivity contribution in [3.63, 3.8) is 0 Å². The summed E-state index contributed by atoms with van der Waals surface area (Å²) >= 11 is 0. The molecule has 0 aliphatic carbocycles. The van der Waals surface area contributed by atoms with Crippen LogP contribution in [-0.2, 0) is 22.6 Å². The number of methoxy groups -OCH3 is 2. The van der Waals surface area contributed by atoms with Crippen LogP contribution in [0, 0.1) is 0 Å². The van der Waals surface area contributed by atoms with Crippen molar-refractivity contribution >= 4 is 17.5 Å². The maximum absolute atomic E-state index is 13.4. The molecule has 2 amide bonds. The lowest BCUT2D eigenvalue weighted by Crippen LogP contribution is -2.46. The summed E-state index contributed by atoms with van der Waals surface area (Å²) in [4.78, 5) is 45.7. The van der Waals surface area contributed by atoms with Crippen molar-refractivity contribution < 1.29 is 28.3 Å². The molecule has 1 saturated heterocycles. The zero-order valence-corrected chi connectivity index (χ0v) is 21.9. The SMILES string of the molecule is CCCCCc1ccc(C(=O)N2C/C(=N/OCC)C[C@H]2C(=O)NCc2ccc(OC)c(OC)c2)c(=O)o1. The maximum atomic E-state index is 13.4. The van der Waals surface area contributed by atoms with Gasteiger partial charge in [0.15, 0.2) is 11.5 Å². The molecule has 0 saturated carbocycles. The quantitative estimate of drug-likeness (QED) is 0.342. The molecule has 200 valence electrons. The van der Waals surface area contributed by atoms with E-state index in [0.717, 1.165) is 24.8 Å². The monoisotopic (exact) mass is 513 g/mol. The molecule has 0 spiro atoms. The maximum Gasteiger partial charge on any atom is 0.348 e. The second-order valence-corrected chi connectivity index (χ2v) is 8.70. The summed E-state index contributed by atoms with van der Waals surface area (Å²) in [6.45, 7) is 4.53. The third-order valence-electron chi connectivity index (χ3n) is 6.10. The number of rotatable bonds is 12. The van der Waals surface area contributed by atoms with E-state index in [9.17, 15) is 14.4 Å². The van der Waals surface area contributed by atoms with Gasteiger partial charge in [-0.25, -0.2) is 4.79 Å². The number of aryl methyl sites for hydroxylation is 1. The summed E-state index contributed by atoms with van der Waals surface area (Å²) in [6, 6.07) is 7.62. The van der Waals surface area contributed by atoms with E-state index in [1.165, 1.54) is 18.1 Å². The fourth-order valence-electron chi connectivity index (χ4n) is 4.12. The molecule has 1 aromatic carbocycles. The van der Waals surface area contributed by atoms with Crippen molar-refractivity contribution in [2.24, 2.45) is 5.16 Å². The molecular weight excluding hydrogens is 478 g/mol. The highest BCUT2D eigenvalue weighted by Crippen LogP contribution is 2.27. The van der Waals surface area contributed by atoms with Crippen molar-refractivity contribution in [2.45, 2.75) is 58.5 Å². The highest BCUT2D eigenvalue weighted by molar-refractivity contribution is 6.05. The van der Waals surface area contributed by atoms with Gasteiger partial charge in [-0.3, -0.25) is 9.59 Å². The van der Waals surface area contributed by atoms with Gasteiger partial charge in [0.25, 0.3) is 5.91 Å². The number of hydrogen-bond acceptors (Lipinski definition) is 8. The third kappa shape index (κ3) is 7.12. The zero-order chi connectivity index (χ0) is 26.8. The molecular formula is C27H35N3O7. The number of oxime groups is 1. The number of unbranched alkanes of at least 4 members (excludes halogenated alkanes) is 2. The number of benzene rings is 1. The molecule has 2 heterocycles. The summed E-state index contributed by atoms with van der Waals surface area (Å²) < 4.78 is 16.0. The van der Waals surface area contributed by atoms with Crippen LogP contribution in [0.2, 0.25) is 0 Å². The first-order valence-corrected chi connectivity index (χ1v) is 12.5. The molecule has 1 fully saturated rings. The van der Waals surface area contributed by atoms with Gasteiger partial charge in [-0.15, -0.1) is 0 Å². The molecule has 0 unspecified atom stereocenters. The van der Waals surface area contributed by atoms with Crippen LogP contribution >= 0.6 is 0 Å². The standard InChI is InChI=1S/C27H35N3O7/c1-5-7-8-9-20-11-12-21(27(33)37-20)26(32)30-17-19(29-36-6-2)15-22(30)25(31)28-16-18-10-13-23(34-3)24(14-18)35-4/h10-14,22H,5-9,15-17H2,1-4H3,(H,28,31)/b29-19+/t22-/m0/s1. The molecule has 10 heteroatoms. The Hall–Kier alpha value is -3.82. The lowest BCUT2D eigenvalue weighted by molar-refractivity contribution is -0.125. The molecule has 10 nitrogen and oxygen atoms in total. The summed E-state index contributed by atoms with van der Waals surface area (Å²) in [6.07, 6.45) is 3.81. The topological polar surface area (TPSA) is 120 Å². The van der Waals surface area contributed by atoms with Gasteiger partial charge >= 0.3 is 5.63 Å². The molecule has 37 heavy (non-hydrogen) atoms. The Bertz CT molecular complexity index is 1170. The van der Waals surface area contributed by atoms with Gasteiger partial charge in [-0.05, 0) is 43.2 Å². The first-order valence-electron chi connectivity index (χ1n) is 12.5. The van der Waals surface area contributed by atoms with E-state index in [0.29, 0.717) is 36.0 Å². The Morgan fingerprint density at radius 3 is 2.57 bits per heavy atom. The van der Waals surface area contributed by atoms with Gasteiger partial charge in [0, 0.05) is 19.4 Å². The number of likely N-dealkylation sites (tertiary alicyclic amines) is 1. The Morgan fingerprint density at radius 1 is 1.11 bits per heavy atom. The Labute approximate surface area is 216 Å². The van der Waals surface area contributed by atoms with E-state index in [4.69, 9.17) is 18.7 Å². The highest BCUT2D eigenvalue weighted by Gasteiger charge is 2.39. The van der Waals surface area contributed by atoms with E-state index in [1.54, 1.807) is 32.2 Å². The van der Waals surface area contributed by atoms with Crippen LogP contribution in [0.4, 0.5) is 0 Å². The molecule has 1 aromatic heterocycles. The van der Waals surface area contributed by atoms with Gasteiger partial charge in [-0.1, -0.05) is 31.0 Å². The lowest BCUT2D eigenvalue weighted by Gasteiger charge is -2.23. The predicted octanol–water partition coefficient (Wildman–Crippen LogP) is 3.31. The van der Waals surface area contributed by atoms with Gasteiger partial charge in [0.2, 0.25) is 5.91 Å². The predicted molar refractivity (Wildman–Crippen MR) is 138 cm³/mol. The summed E-state index contributed by atoms with van der Waals surface area (Å²) in [7, 11) is 3.09. The van der Waals surface area contributed by atoms with Crippen LogP contribution < -0.4 is 20.4 Å². The number of carbonyl (C=O) groups is 2. The molecule has 1 aliphatic rings. The fraction of sp³-hybridized carbons (Fsp3) is 0.481. The van der Waals surface area contributed by atoms with Crippen LogP contribution in [-0.4, -0.2) is 55.8 Å². The van der Waals surface area contributed by atoms with Crippen molar-refractivity contribution in [1.29, 1.82) is 0 Å². The number of nitrogens with zero attached hydrogens (tertiary/aromatic N) is 2. The van der Waals surface area contributed by atoms with Crippen molar-refractivity contribution in [3.8, 4) is 11.5 Å².